The predicted molar refractivity (Wildman–Crippen MR) is 114 cm³/mol. The fourth-order valence-corrected chi connectivity index (χ4v) is 5.39. The maximum atomic E-state index is 13.0. The first-order valence-electron chi connectivity index (χ1n) is 11.1. The predicted octanol–water partition coefficient (Wildman–Crippen LogP) is 4.14. The van der Waals surface area contributed by atoms with E-state index in [-0.39, 0.29) is 11.9 Å². The van der Waals surface area contributed by atoms with Crippen molar-refractivity contribution in [1.82, 2.24) is 10.6 Å². The molecule has 4 heteroatoms. The number of nitrogens with one attached hydrogen (secondary N) is 2. The third-order valence-electron chi connectivity index (χ3n) is 6.75. The first-order valence-corrected chi connectivity index (χ1v) is 11.1. The van der Waals surface area contributed by atoms with Gasteiger partial charge in [0, 0.05) is 18.5 Å². The van der Waals surface area contributed by atoms with Gasteiger partial charge < -0.3 is 15.4 Å². The molecular weight excluding hydrogens is 360 g/mol. The Hall–Kier alpha value is -2.33. The summed E-state index contributed by atoms with van der Waals surface area (Å²) in [6, 6.07) is 17.8. The zero-order valence-electron chi connectivity index (χ0n) is 16.9. The molecule has 0 aromatic heterocycles. The molecule has 2 saturated heterocycles. The number of carbonyl (C=O) groups excluding carboxylic acids is 1. The summed E-state index contributed by atoms with van der Waals surface area (Å²) in [5.41, 5.74) is 3.51. The molecule has 2 N–H and O–H groups in total. The van der Waals surface area contributed by atoms with Gasteiger partial charge in [-0.15, -0.1) is 0 Å². The van der Waals surface area contributed by atoms with Crippen LogP contribution in [-0.2, 0) is 11.2 Å². The minimum atomic E-state index is -0.116. The van der Waals surface area contributed by atoms with Crippen molar-refractivity contribution in [3.05, 3.63) is 65.2 Å². The molecule has 4 nitrogen and oxygen atoms in total. The van der Waals surface area contributed by atoms with E-state index in [1.807, 2.05) is 18.2 Å². The molecule has 2 aromatic rings. The maximum Gasteiger partial charge on any atom is 0.221 e. The highest BCUT2D eigenvalue weighted by Crippen LogP contribution is 2.34. The van der Waals surface area contributed by atoms with Crippen molar-refractivity contribution in [3.8, 4) is 5.75 Å². The normalized spacial score (nSPS) is 26.3. The third kappa shape index (κ3) is 4.18. The Morgan fingerprint density at radius 2 is 1.86 bits per heavy atom. The van der Waals surface area contributed by atoms with Crippen molar-refractivity contribution in [2.24, 2.45) is 5.92 Å². The summed E-state index contributed by atoms with van der Waals surface area (Å²) >= 11 is 0. The van der Waals surface area contributed by atoms with E-state index in [0.717, 1.165) is 49.2 Å². The Morgan fingerprint density at radius 1 is 1.07 bits per heavy atom. The molecule has 1 amide bonds. The van der Waals surface area contributed by atoms with E-state index in [2.05, 4.69) is 41.0 Å². The number of carbonyl (C=O) groups is 1. The average Bonchev–Trinajstić information content (AvgIpc) is 3.10. The van der Waals surface area contributed by atoms with Gasteiger partial charge in [0.1, 0.15) is 5.75 Å². The first-order chi connectivity index (χ1) is 14.2. The summed E-state index contributed by atoms with van der Waals surface area (Å²) in [5, 5.41) is 7.03. The zero-order valence-corrected chi connectivity index (χ0v) is 16.9. The van der Waals surface area contributed by atoms with E-state index in [1.54, 1.807) is 0 Å². The lowest BCUT2D eigenvalue weighted by Crippen LogP contribution is -2.40. The fourth-order valence-electron chi connectivity index (χ4n) is 5.39. The van der Waals surface area contributed by atoms with Crippen LogP contribution in [0.25, 0.3) is 0 Å². The lowest BCUT2D eigenvalue weighted by atomic mass is 9.89. The maximum absolute atomic E-state index is 13.0. The molecule has 0 aliphatic carbocycles. The van der Waals surface area contributed by atoms with Gasteiger partial charge in [-0.3, -0.25) is 4.79 Å². The molecule has 3 aliphatic heterocycles. The fraction of sp³-hybridized carbons (Fsp3) is 0.480. The van der Waals surface area contributed by atoms with Gasteiger partial charge in [0.2, 0.25) is 5.91 Å². The molecule has 5 rings (SSSR count). The highest BCUT2D eigenvalue weighted by atomic mass is 16.5. The van der Waals surface area contributed by atoms with E-state index in [4.69, 9.17) is 4.74 Å². The average molecular weight is 391 g/mol. The van der Waals surface area contributed by atoms with Crippen LogP contribution in [0.2, 0.25) is 0 Å². The number of benzene rings is 2. The van der Waals surface area contributed by atoms with E-state index in [9.17, 15) is 4.79 Å². The van der Waals surface area contributed by atoms with Crippen molar-refractivity contribution in [1.29, 1.82) is 0 Å². The molecule has 2 bridgehead atoms. The van der Waals surface area contributed by atoms with Crippen molar-refractivity contribution >= 4 is 5.91 Å². The van der Waals surface area contributed by atoms with Crippen LogP contribution >= 0.6 is 0 Å². The molecule has 3 atom stereocenters. The second-order valence-corrected chi connectivity index (χ2v) is 8.91. The van der Waals surface area contributed by atoms with Crippen LogP contribution in [0.4, 0.5) is 0 Å². The summed E-state index contributed by atoms with van der Waals surface area (Å²) in [6.45, 7) is 0.795. The molecular formula is C25H30N2O2. The quantitative estimate of drug-likeness (QED) is 0.807. The molecule has 0 spiro atoms. The van der Waals surface area contributed by atoms with Crippen LogP contribution in [0.3, 0.4) is 0 Å². The molecule has 152 valence electrons. The van der Waals surface area contributed by atoms with E-state index in [1.165, 1.54) is 18.4 Å². The molecule has 2 fully saturated rings. The first kappa shape index (κ1) is 18.7. The Bertz CT molecular complexity index is 854. The number of fused-ring (bicyclic) bond motifs is 3. The Labute approximate surface area is 173 Å². The molecule has 2 aromatic carbocycles. The lowest BCUT2D eigenvalue weighted by molar-refractivity contribution is -0.122. The minimum absolute atomic E-state index is 0.116. The minimum Gasteiger partial charge on any atom is -0.493 e. The van der Waals surface area contributed by atoms with E-state index in [0.29, 0.717) is 24.4 Å². The van der Waals surface area contributed by atoms with Crippen LogP contribution in [0.1, 0.15) is 61.3 Å². The number of piperidine rings is 1. The number of aryl methyl sites for hydroxylation is 1. The second kappa shape index (κ2) is 8.19. The van der Waals surface area contributed by atoms with Gasteiger partial charge in [-0.1, -0.05) is 36.4 Å². The van der Waals surface area contributed by atoms with Crippen molar-refractivity contribution in [2.75, 3.05) is 6.61 Å². The largest absolute Gasteiger partial charge is 0.493 e. The van der Waals surface area contributed by atoms with Crippen molar-refractivity contribution in [3.63, 3.8) is 0 Å². The van der Waals surface area contributed by atoms with Gasteiger partial charge >= 0.3 is 0 Å². The molecule has 0 saturated carbocycles. The number of amides is 1. The summed E-state index contributed by atoms with van der Waals surface area (Å²) in [5.74, 6) is 1.66. The number of hydrogen-bond donors (Lipinski definition) is 2. The summed E-state index contributed by atoms with van der Waals surface area (Å²) in [4.78, 5) is 13.0. The topological polar surface area (TPSA) is 50.4 Å². The highest BCUT2D eigenvalue weighted by molar-refractivity contribution is 5.77. The molecule has 3 aliphatic rings. The Balaban J connectivity index is 1.34. The summed E-state index contributed by atoms with van der Waals surface area (Å²) in [6.07, 6.45) is 7.53. The monoisotopic (exact) mass is 390 g/mol. The molecule has 3 unspecified atom stereocenters. The molecule has 29 heavy (non-hydrogen) atoms. The second-order valence-electron chi connectivity index (χ2n) is 8.91. The van der Waals surface area contributed by atoms with Gasteiger partial charge in [-0.2, -0.15) is 0 Å². The van der Waals surface area contributed by atoms with Crippen LogP contribution in [0.15, 0.2) is 48.5 Å². The van der Waals surface area contributed by atoms with Gasteiger partial charge in [0.25, 0.3) is 0 Å². The number of rotatable bonds is 5. The van der Waals surface area contributed by atoms with Crippen molar-refractivity contribution < 1.29 is 9.53 Å². The summed E-state index contributed by atoms with van der Waals surface area (Å²) in [7, 11) is 0. The van der Waals surface area contributed by atoms with Crippen LogP contribution in [0.5, 0.6) is 5.75 Å². The lowest BCUT2D eigenvalue weighted by Gasteiger charge is -2.29. The van der Waals surface area contributed by atoms with Crippen molar-refractivity contribution in [2.45, 2.75) is 63.1 Å². The standard InChI is InChI=1S/C25H30N2O2/c28-24(15-17-13-21-9-10-22(14-17)26-21)27-25(18-5-2-1-3-6-18)20-8-11-23-19(16-20)7-4-12-29-23/h1-3,5-6,8,11,16-17,21-22,25-26H,4,7,9-10,12-15H2,(H,27,28). The van der Waals surface area contributed by atoms with E-state index >= 15 is 0 Å². The highest BCUT2D eigenvalue weighted by Gasteiger charge is 2.34. The van der Waals surface area contributed by atoms with Crippen LogP contribution < -0.4 is 15.4 Å². The smallest absolute Gasteiger partial charge is 0.221 e. The van der Waals surface area contributed by atoms with Crippen LogP contribution in [0, 0.1) is 5.92 Å². The number of hydrogen-bond acceptors (Lipinski definition) is 3. The molecule has 0 radical (unpaired) electrons. The number of ether oxygens (including phenoxy) is 1. The summed E-state index contributed by atoms with van der Waals surface area (Å²) < 4.78 is 5.78. The van der Waals surface area contributed by atoms with Gasteiger partial charge in [0.05, 0.1) is 12.6 Å². The van der Waals surface area contributed by atoms with Gasteiger partial charge in [-0.25, -0.2) is 0 Å². The third-order valence-corrected chi connectivity index (χ3v) is 6.75. The zero-order chi connectivity index (χ0) is 19.6. The SMILES string of the molecule is O=C(CC1CC2CCC(C1)N2)NC(c1ccccc1)c1ccc2c(c1)CCCO2. The van der Waals surface area contributed by atoms with E-state index < -0.39 is 0 Å². The molecule has 3 heterocycles. The van der Waals surface area contributed by atoms with Gasteiger partial charge in [-0.05, 0) is 73.3 Å². The van der Waals surface area contributed by atoms with Gasteiger partial charge in [0.15, 0.2) is 0 Å². The Morgan fingerprint density at radius 3 is 2.66 bits per heavy atom. The Kier molecular flexibility index (Phi) is 5.28. The van der Waals surface area contributed by atoms with Crippen LogP contribution in [-0.4, -0.2) is 24.6 Å².